The summed E-state index contributed by atoms with van der Waals surface area (Å²) in [7, 11) is 3.25. The fourth-order valence-corrected chi connectivity index (χ4v) is 0.473. The first kappa shape index (κ1) is 8.43. The lowest BCUT2D eigenvalue weighted by molar-refractivity contribution is -0.137. The number of carbonyl (C=O) groups is 1. The Morgan fingerprint density at radius 1 is 1.67 bits per heavy atom. The highest BCUT2D eigenvalue weighted by atomic mass is 16.3. The molecule has 0 aliphatic rings. The van der Waals surface area contributed by atoms with Crippen LogP contribution < -0.4 is 0 Å². The minimum Gasteiger partial charge on any atom is -0.383 e. The van der Waals surface area contributed by atoms with E-state index in [0.29, 0.717) is 6.42 Å². The van der Waals surface area contributed by atoms with Gasteiger partial charge < -0.3 is 10.0 Å². The van der Waals surface area contributed by atoms with Gasteiger partial charge in [0.15, 0.2) is 0 Å². The van der Waals surface area contributed by atoms with Gasteiger partial charge in [-0.2, -0.15) is 0 Å². The summed E-state index contributed by atoms with van der Waals surface area (Å²) in [5, 5.41) is 8.91. The summed E-state index contributed by atoms with van der Waals surface area (Å²) < 4.78 is 0. The monoisotopic (exact) mass is 131 g/mol. The van der Waals surface area contributed by atoms with E-state index in [2.05, 4.69) is 0 Å². The molecule has 54 valence electrons. The lowest BCUT2D eigenvalue weighted by Gasteiger charge is -2.13. The van der Waals surface area contributed by atoms with Crippen LogP contribution in [-0.4, -0.2) is 36.1 Å². The summed E-state index contributed by atoms with van der Waals surface area (Å²) in [4.78, 5) is 12.1. The van der Waals surface area contributed by atoms with E-state index in [4.69, 9.17) is 5.11 Å². The first-order valence-electron chi connectivity index (χ1n) is 2.98. The Hall–Kier alpha value is -0.570. The van der Waals surface area contributed by atoms with Gasteiger partial charge in [0.05, 0.1) is 0 Å². The van der Waals surface area contributed by atoms with E-state index < -0.39 is 6.10 Å². The van der Waals surface area contributed by atoms with Crippen LogP contribution in [-0.2, 0) is 4.79 Å². The van der Waals surface area contributed by atoms with E-state index in [9.17, 15) is 4.79 Å². The number of rotatable bonds is 2. The van der Waals surface area contributed by atoms with Gasteiger partial charge in [0.25, 0.3) is 5.91 Å². The van der Waals surface area contributed by atoms with Crippen molar-refractivity contribution in [1.29, 1.82) is 0 Å². The van der Waals surface area contributed by atoms with E-state index >= 15 is 0 Å². The normalized spacial score (nSPS) is 12.9. The lowest BCUT2D eigenvalue weighted by atomic mass is 10.2. The summed E-state index contributed by atoms with van der Waals surface area (Å²) in [5.41, 5.74) is 0. The molecule has 0 saturated heterocycles. The van der Waals surface area contributed by atoms with Crippen LogP contribution in [0.4, 0.5) is 0 Å². The molecular weight excluding hydrogens is 118 g/mol. The Morgan fingerprint density at radius 3 is 2.22 bits per heavy atom. The van der Waals surface area contributed by atoms with Gasteiger partial charge in [-0.3, -0.25) is 4.79 Å². The molecule has 0 aromatic heterocycles. The number of likely N-dealkylation sites (N-methyl/N-ethyl adjacent to an activating group) is 1. The second-order valence-electron chi connectivity index (χ2n) is 2.16. The SMILES string of the molecule is CC[C@@H](O)C(=O)N(C)C. The number of amides is 1. The molecule has 0 aliphatic heterocycles. The van der Waals surface area contributed by atoms with E-state index in [0.717, 1.165) is 0 Å². The van der Waals surface area contributed by atoms with Gasteiger partial charge in [0.2, 0.25) is 0 Å². The maximum absolute atomic E-state index is 10.7. The summed E-state index contributed by atoms with van der Waals surface area (Å²) in [6, 6.07) is 0. The molecule has 1 amide bonds. The van der Waals surface area contributed by atoms with Gasteiger partial charge in [-0.1, -0.05) is 6.92 Å². The average molecular weight is 131 g/mol. The molecule has 9 heavy (non-hydrogen) atoms. The quantitative estimate of drug-likeness (QED) is 0.566. The van der Waals surface area contributed by atoms with Crippen LogP contribution >= 0.6 is 0 Å². The highest BCUT2D eigenvalue weighted by Crippen LogP contribution is 1.92. The predicted molar refractivity (Wildman–Crippen MR) is 35.0 cm³/mol. The average Bonchev–Trinajstić information content (AvgIpc) is 1.84. The smallest absolute Gasteiger partial charge is 0.250 e. The minimum atomic E-state index is -0.819. The van der Waals surface area contributed by atoms with Gasteiger partial charge in [-0.05, 0) is 6.42 Å². The van der Waals surface area contributed by atoms with Gasteiger partial charge >= 0.3 is 0 Å². The number of hydrogen-bond donors (Lipinski definition) is 1. The Labute approximate surface area is 55.3 Å². The summed E-state index contributed by atoms with van der Waals surface area (Å²) in [6.07, 6.45) is -0.336. The first-order valence-corrected chi connectivity index (χ1v) is 2.98. The predicted octanol–water partition coefficient (Wildman–Crippen LogP) is -0.155. The second-order valence-corrected chi connectivity index (χ2v) is 2.16. The molecule has 0 rings (SSSR count). The fourth-order valence-electron chi connectivity index (χ4n) is 0.473. The molecule has 0 spiro atoms. The zero-order chi connectivity index (χ0) is 7.44. The Kier molecular flexibility index (Phi) is 3.24. The Bertz CT molecular complexity index is 101. The van der Waals surface area contributed by atoms with E-state index in [1.807, 2.05) is 0 Å². The van der Waals surface area contributed by atoms with Crippen molar-refractivity contribution in [3.63, 3.8) is 0 Å². The second kappa shape index (κ2) is 3.45. The highest BCUT2D eigenvalue weighted by molar-refractivity contribution is 5.79. The van der Waals surface area contributed by atoms with Crippen molar-refractivity contribution in [3.05, 3.63) is 0 Å². The van der Waals surface area contributed by atoms with Crippen LogP contribution in [0.1, 0.15) is 13.3 Å². The van der Waals surface area contributed by atoms with Crippen molar-refractivity contribution in [3.8, 4) is 0 Å². The zero-order valence-corrected chi connectivity index (χ0v) is 6.09. The first-order chi connectivity index (χ1) is 4.09. The molecule has 0 radical (unpaired) electrons. The molecule has 3 nitrogen and oxygen atoms in total. The number of aliphatic hydroxyl groups excluding tert-OH is 1. The molecule has 1 atom stereocenters. The number of hydrogen-bond acceptors (Lipinski definition) is 2. The molecule has 0 heterocycles. The maximum Gasteiger partial charge on any atom is 0.250 e. The standard InChI is InChI=1S/C6H13NO2/c1-4-5(8)6(9)7(2)3/h5,8H,4H2,1-3H3/t5-/m1/s1. The number of nitrogens with zero attached hydrogens (tertiary/aromatic N) is 1. The molecule has 1 N–H and O–H groups in total. The summed E-state index contributed by atoms with van der Waals surface area (Å²) in [6.45, 7) is 1.77. The van der Waals surface area contributed by atoms with E-state index in [-0.39, 0.29) is 5.91 Å². The highest BCUT2D eigenvalue weighted by Gasteiger charge is 2.13. The van der Waals surface area contributed by atoms with E-state index in [1.165, 1.54) is 4.90 Å². The minimum absolute atomic E-state index is 0.225. The Balaban J connectivity index is 3.73. The molecule has 0 aromatic carbocycles. The molecular formula is C6H13NO2. The van der Waals surface area contributed by atoms with Crippen LogP contribution in [0, 0.1) is 0 Å². The molecule has 0 aliphatic carbocycles. The maximum atomic E-state index is 10.7. The molecule has 0 fully saturated rings. The molecule has 0 unspecified atom stereocenters. The van der Waals surface area contributed by atoms with Crippen LogP contribution in [0.2, 0.25) is 0 Å². The third kappa shape index (κ3) is 2.46. The van der Waals surface area contributed by atoms with Crippen molar-refractivity contribution in [1.82, 2.24) is 4.90 Å². The van der Waals surface area contributed by atoms with Crippen molar-refractivity contribution < 1.29 is 9.90 Å². The van der Waals surface area contributed by atoms with E-state index in [1.54, 1.807) is 21.0 Å². The van der Waals surface area contributed by atoms with Crippen LogP contribution in [0.25, 0.3) is 0 Å². The summed E-state index contributed by atoms with van der Waals surface area (Å²) >= 11 is 0. The molecule has 0 aromatic rings. The van der Waals surface area contributed by atoms with Crippen LogP contribution in [0.3, 0.4) is 0 Å². The molecule has 0 bridgehead atoms. The lowest BCUT2D eigenvalue weighted by Crippen LogP contribution is -2.32. The van der Waals surface area contributed by atoms with Crippen molar-refractivity contribution >= 4 is 5.91 Å². The molecule has 0 saturated carbocycles. The molecule has 3 heteroatoms. The van der Waals surface area contributed by atoms with Crippen molar-refractivity contribution in [2.75, 3.05) is 14.1 Å². The van der Waals surface area contributed by atoms with Crippen molar-refractivity contribution in [2.45, 2.75) is 19.4 Å². The van der Waals surface area contributed by atoms with Gasteiger partial charge in [-0.15, -0.1) is 0 Å². The number of carbonyl (C=O) groups excluding carboxylic acids is 1. The van der Waals surface area contributed by atoms with Crippen molar-refractivity contribution in [2.24, 2.45) is 0 Å². The third-order valence-corrected chi connectivity index (χ3v) is 1.11. The number of aliphatic hydroxyl groups is 1. The summed E-state index contributed by atoms with van der Waals surface area (Å²) in [5.74, 6) is -0.225. The fraction of sp³-hybridized carbons (Fsp3) is 0.833. The van der Waals surface area contributed by atoms with Crippen LogP contribution in [0.15, 0.2) is 0 Å². The largest absolute Gasteiger partial charge is 0.383 e. The van der Waals surface area contributed by atoms with Gasteiger partial charge in [0, 0.05) is 14.1 Å². The topological polar surface area (TPSA) is 40.5 Å². The van der Waals surface area contributed by atoms with Gasteiger partial charge in [-0.25, -0.2) is 0 Å². The van der Waals surface area contributed by atoms with Gasteiger partial charge in [0.1, 0.15) is 6.10 Å². The Morgan fingerprint density at radius 2 is 2.11 bits per heavy atom. The third-order valence-electron chi connectivity index (χ3n) is 1.11. The zero-order valence-electron chi connectivity index (χ0n) is 6.09. The van der Waals surface area contributed by atoms with Crippen LogP contribution in [0.5, 0.6) is 0 Å².